The van der Waals surface area contributed by atoms with Crippen molar-refractivity contribution in [2.75, 3.05) is 5.32 Å². The molecular formula is C12H16N4O3. The smallest absolute Gasteiger partial charge is 0.412 e. The maximum Gasteiger partial charge on any atom is 0.412 e. The van der Waals surface area contributed by atoms with E-state index in [4.69, 9.17) is 9.15 Å². The van der Waals surface area contributed by atoms with Gasteiger partial charge in [-0.15, -0.1) is 0 Å². The van der Waals surface area contributed by atoms with Crippen LogP contribution in [0.25, 0.3) is 6.01 Å². The summed E-state index contributed by atoms with van der Waals surface area (Å²) in [5.41, 5.74) is 0.719. The second kappa shape index (κ2) is 4.75. The predicted molar refractivity (Wildman–Crippen MR) is 68.2 cm³/mol. The standard InChI is InChI=1S/C12H16N4O3/c1-8-7-18-10(14-8)16-6-9(5-13-16)15-11(17)19-12(2,3)4/h5-7H,1-4H3,(H,15,17). The Bertz CT molecular complexity index is 580. The first kappa shape index (κ1) is 13.1. The Morgan fingerprint density at radius 1 is 1.47 bits per heavy atom. The highest BCUT2D eigenvalue weighted by molar-refractivity contribution is 5.84. The number of carbonyl (C=O) groups is 1. The van der Waals surface area contributed by atoms with Crippen molar-refractivity contribution in [2.24, 2.45) is 0 Å². The second-order valence-electron chi connectivity index (χ2n) is 5.07. The van der Waals surface area contributed by atoms with Crippen molar-refractivity contribution in [1.82, 2.24) is 14.8 Å². The zero-order valence-corrected chi connectivity index (χ0v) is 11.3. The summed E-state index contributed by atoms with van der Waals surface area (Å²) in [4.78, 5) is 15.7. The Kier molecular flexibility index (Phi) is 3.28. The Balaban J connectivity index is 2.04. The van der Waals surface area contributed by atoms with Crippen LogP contribution in [0.5, 0.6) is 0 Å². The lowest BCUT2D eigenvalue weighted by Gasteiger charge is -2.19. The number of amides is 1. The van der Waals surface area contributed by atoms with Crippen molar-refractivity contribution in [3.63, 3.8) is 0 Å². The second-order valence-corrected chi connectivity index (χ2v) is 5.07. The van der Waals surface area contributed by atoms with Gasteiger partial charge in [0.25, 0.3) is 0 Å². The number of oxazole rings is 1. The average Bonchev–Trinajstić information content (AvgIpc) is 2.83. The van der Waals surface area contributed by atoms with E-state index in [1.54, 1.807) is 27.0 Å². The SMILES string of the molecule is Cc1coc(-n2cc(NC(=O)OC(C)(C)C)cn2)n1. The van der Waals surface area contributed by atoms with E-state index in [9.17, 15) is 4.79 Å². The molecule has 0 fully saturated rings. The summed E-state index contributed by atoms with van der Waals surface area (Å²) in [5.74, 6) is 0. The number of rotatable bonds is 2. The Morgan fingerprint density at radius 3 is 2.79 bits per heavy atom. The van der Waals surface area contributed by atoms with Crippen molar-refractivity contribution in [1.29, 1.82) is 0 Å². The fourth-order valence-corrected chi connectivity index (χ4v) is 1.36. The predicted octanol–water partition coefficient (Wildman–Crippen LogP) is 2.52. The molecule has 2 aromatic heterocycles. The van der Waals surface area contributed by atoms with Gasteiger partial charge in [0.15, 0.2) is 0 Å². The van der Waals surface area contributed by atoms with Crippen LogP contribution in [-0.4, -0.2) is 26.5 Å². The molecule has 0 radical (unpaired) electrons. The van der Waals surface area contributed by atoms with Crippen LogP contribution in [-0.2, 0) is 4.74 Å². The van der Waals surface area contributed by atoms with Crippen LogP contribution >= 0.6 is 0 Å². The van der Waals surface area contributed by atoms with Gasteiger partial charge in [0.2, 0.25) is 0 Å². The first-order chi connectivity index (χ1) is 8.83. The number of hydrogen-bond acceptors (Lipinski definition) is 5. The molecule has 2 heterocycles. The van der Waals surface area contributed by atoms with Gasteiger partial charge < -0.3 is 9.15 Å². The topological polar surface area (TPSA) is 82.2 Å². The molecule has 0 aromatic carbocycles. The molecule has 0 bridgehead atoms. The largest absolute Gasteiger partial charge is 0.444 e. The highest BCUT2D eigenvalue weighted by Gasteiger charge is 2.17. The molecule has 0 unspecified atom stereocenters. The van der Waals surface area contributed by atoms with Crippen LogP contribution in [0.1, 0.15) is 26.5 Å². The van der Waals surface area contributed by atoms with Gasteiger partial charge >= 0.3 is 12.1 Å². The van der Waals surface area contributed by atoms with Gasteiger partial charge in [-0.1, -0.05) is 0 Å². The molecular weight excluding hydrogens is 248 g/mol. The molecule has 0 atom stereocenters. The molecule has 0 aliphatic rings. The van der Waals surface area contributed by atoms with Gasteiger partial charge in [-0.25, -0.2) is 4.79 Å². The zero-order valence-electron chi connectivity index (χ0n) is 11.3. The van der Waals surface area contributed by atoms with Crippen molar-refractivity contribution >= 4 is 11.8 Å². The molecule has 0 saturated heterocycles. The van der Waals surface area contributed by atoms with Crippen LogP contribution in [0.15, 0.2) is 23.1 Å². The monoisotopic (exact) mass is 264 g/mol. The Labute approximate surface area is 110 Å². The minimum absolute atomic E-state index is 0.342. The van der Waals surface area contributed by atoms with E-state index in [1.165, 1.54) is 17.1 Å². The van der Waals surface area contributed by atoms with E-state index in [1.807, 2.05) is 6.92 Å². The average molecular weight is 264 g/mol. The number of aryl methyl sites for hydroxylation is 1. The normalized spacial score (nSPS) is 11.4. The fourth-order valence-electron chi connectivity index (χ4n) is 1.36. The van der Waals surface area contributed by atoms with Gasteiger partial charge in [0.1, 0.15) is 11.9 Å². The van der Waals surface area contributed by atoms with Crippen molar-refractivity contribution in [2.45, 2.75) is 33.3 Å². The molecule has 0 saturated carbocycles. The molecule has 0 spiro atoms. The number of nitrogens with one attached hydrogen (secondary N) is 1. The zero-order chi connectivity index (χ0) is 14.0. The van der Waals surface area contributed by atoms with E-state index >= 15 is 0 Å². The lowest BCUT2D eigenvalue weighted by molar-refractivity contribution is 0.0636. The minimum Gasteiger partial charge on any atom is -0.444 e. The molecule has 1 N–H and O–H groups in total. The maximum atomic E-state index is 11.6. The molecule has 102 valence electrons. The third-order valence-corrected chi connectivity index (χ3v) is 2.03. The van der Waals surface area contributed by atoms with Crippen LogP contribution < -0.4 is 5.32 Å². The van der Waals surface area contributed by atoms with Crippen molar-refractivity contribution in [3.05, 3.63) is 24.4 Å². The number of aromatic nitrogens is 3. The van der Waals surface area contributed by atoms with E-state index < -0.39 is 11.7 Å². The summed E-state index contributed by atoms with van der Waals surface area (Å²) < 4.78 is 11.8. The van der Waals surface area contributed by atoms with E-state index in [2.05, 4.69) is 15.4 Å². The van der Waals surface area contributed by atoms with Gasteiger partial charge in [0, 0.05) is 0 Å². The fraction of sp³-hybridized carbons (Fsp3) is 0.417. The molecule has 7 heteroatoms. The minimum atomic E-state index is -0.542. The number of anilines is 1. The molecule has 19 heavy (non-hydrogen) atoms. The highest BCUT2D eigenvalue weighted by Crippen LogP contribution is 2.13. The first-order valence-electron chi connectivity index (χ1n) is 5.81. The van der Waals surface area contributed by atoms with Gasteiger partial charge in [-0.3, -0.25) is 5.32 Å². The summed E-state index contributed by atoms with van der Waals surface area (Å²) in [6.45, 7) is 7.21. The molecule has 1 amide bonds. The van der Waals surface area contributed by atoms with E-state index in [-0.39, 0.29) is 0 Å². The number of hydrogen-bond donors (Lipinski definition) is 1. The molecule has 2 aromatic rings. The molecule has 2 rings (SSSR count). The van der Waals surface area contributed by atoms with Crippen LogP contribution in [0.3, 0.4) is 0 Å². The summed E-state index contributed by atoms with van der Waals surface area (Å²) in [7, 11) is 0. The number of ether oxygens (including phenoxy) is 1. The Hall–Kier alpha value is -2.31. The summed E-state index contributed by atoms with van der Waals surface area (Å²) in [5, 5.41) is 6.62. The lowest BCUT2D eigenvalue weighted by Crippen LogP contribution is -2.27. The molecule has 0 aliphatic heterocycles. The third-order valence-electron chi connectivity index (χ3n) is 2.03. The number of carbonyl (C=O) groups excluding carboxylic acids is 1. The lowest BCUT2D eigenvalue weighted by atomic mass is 10.2. The quantitative estimate of drug-likeness (QED) is 0.901. The number of nitrogens with zero attached hydrogens (tertiary/aromatic N) is 3. The van der Waals surface area contributed by atoms with E-state index in [0.29, 0.717) is 11.7 Å². The summed E-state index contributed by atoms with van der Waals surface area (Å²) in [6.07, 6.45) is 4.08. The van der Waals surface area contributed by atoms with Crippen molar-refractivity contribution in [3.8, 4) is 6.01 Å². The summed E-state index contributed by atoms with van der Waals surface area (Å²) >= 11 is 0. The van der Waals surface area contributed by atoms with Crippen LogP contribution in [0.4, 0.5) is 10.5 Å². The summed E-state index contributed by atoms with van der Waals surface area (Å²) in [6, 6.07) is 0.342. The molecule has 7 nitrogen and oxygen atoms in total. The van der Waals surface area contributed by atoms with Crippen LogP contribution in [0.2, 0.25) is 0 Å². The third kappa shape index (κ3) is 3.57. The van der Waals surface area contributed by atoms with Crippen LogP contribution in [0, 0.1) is 6.92 Å². The maximum absolute atomic E-state index is 11.6. The van der Waals surface area contributed by atoms with E-state index in [0.717, 1.165) is 5.69 Å². The molecule has 0 aliphatic carbocycles. The van der Waals surface area contributed by atoms with Crippen molar-refractivity contribution < 1.29 is 13.9 Å². The first-order valence-corrected chi connectivity index (χ1v) is 5.81. The highest BCUT2D eigenvalue weighted by atomic mass is 16.6. The van der Waals surface area contributed by atoms with Gasteiger partial charge in [0.05, 0.1) is 23.8 Å². The van der Waals surface area contributed by atoms with Gasteiger partial charge in [-0.05, 0) is 27.7 Å². The Morgan fingerprint density at radius 2 is 2.21 bits per heavy atom. The van der Waals surface area contributed by atoms with Gasteiger partial charge in [-0.2, -0.15) is 14.8 Å².